The van der Waals surface area contributed by atoms with E-state index in [0.717, 1.165) is 31.9 Å². The summed E-state index contributed by atoms with van der Waals surface area (Å²) in [7, 11) is -4.02. The van der Waals surface area contributed by atoms with Crippen LogP contribution in [0.4, 0.5) is 11.5 Å². The van der Waals surface area contributed by atoms with Crippen LogP contribution in [0.15, 0.2) is 41.7 Å². The van der Waals surface area contributed by atoms with Crippen molar-refractivity contribution < 1.29 is 27.9 Å². The number of fused-ring (bicyclic) bond motifs is 2. The lowest BCUT2D eigenvalue weighted by atomic mass is 10.3. The third-order valence-corrected chi connectivity index (χ3v) is 6.67. The standard InChI is InChI=1S/C18H18N6O4S.CH2O2/c25-15-11-28-17-14(3-5-21-18(17)22-15)29(26,27)24-10-13(23-8-6-19-7-9-23)16-12(24)2-1-4-20-16;2-1-3/h1-5,10,19H,6-9,11H2,(H,21,22,25);1H,(H,2,3). The van der Waals surface area contributed by atoms with Crippen molar-refractivity contribution in [3.8, 4) is 5.75 Å². The van der Waals surface area contributed by atoms with Gasteiger partial charge in [-0.3, -0.25) is 14.6 Å². The molecule has 2 aliphatic rings. The van der Waals surface area contributed by atoms with Gasteiger partial charge >= 0.3 is 0 Å². The third kappa shape index (κ3) is 3.83. The number of amides is 1. The maximum atomic E-state index is 13.6. The Morgan fingerprint density at radius 3 is 2.66 bits per heavy atom. The molecule has 32 heavy (non-hydrogen) atoms. The van der Waals surface area contributed by atoms with Crippen LogP contribution >= 0.6 is 0 Å². The number of carbonyl (C=O) groups is 2. The number of carbonyl (C=O) groups excluding carboxylic acids is 1. The highest BCUT2D eigenvalue weighted by molar-refractivity contribution is 7.90. The molecular weight excluding hydrogens is 440 g/mol. The highest BCUT2D eigenvalue weighted by atomic mass is 32.2. The second-order valence-electron chi connectivity index (χ2n) is 6.85. The molecule has 5 heterocycles. The molecule has 2 aliphatic heterocycles. The molecule has 3 aromatic heterocycles. The summed E-state index contributed by atoms with van der Waals surface area (Å²) < 4.78 is 33.8. The van der Waals surface area contributed by atoms with E-state index in [0.29, 0.717) is 11.0 Å². The van der Waals surface area contributed by atoms with E-state index >= 15 is 0 Å². The molecule has 3 aromatic rings. The van der Waals surface area contributed by atoms with Crippen molar-refractivity contribution in [1.29, 1.82) is 0 Å². The van der Waals surface area contributed by atoms with Crippen molar-refractivity contribution in [1.82, 2.24) is 19.3 Å². The summed E-state index contributed by atoms with van der Waals surface area (Å²) in [4.78, 5) is 30.4. The Balaban J connectivity index is 0.000000775. The number of rotatable bonds is 3. The van der Waals surface area contributed by atoms with Crippen molar-refractivity contribution in [2.45, 2.75) is 4.90 Å². The summed E-state index contributed by atoms with van der Waals surface area (Å²) in [6.45, 7) is 2.64. The van der Waals surface area contributed by atoms with Gasteiger partial charge < -0.3 is 25.4 Å². The number of anilines is 2. The van der Waals surface area contributed by atoms with Gasteiger partial charge in [0.2, 0.25) is 0 Å². The van der Waals surface area contributed by atoms with Crippen LogP contribution in [0, 0.1) is 0 Å². The van der Waals surface area contributed by atoms with Gasteiger partial charge in [-0.05, 0) is 18.2 Å². The van der Waals surface area contributed by atoms with Crippen LogP contribution in [-0.4, -0.2) is 72.6 Å². The second kappa shape index (κ2) is 8.80. The second-order valence-corrected chi connectivity index (χ2v) is 8.64. The topological polar surface area (TPSA) is 156 Å². The van der Waals surface area contributed by atoms with Crippen LogP contribution < -0.4 is 20.3 Å². The molecule has 3 N–H and O–H groups in total. The molecule has 0 spiro atoms. The first-order chi connectivity index (χ1) is 15.5. The summed E-state index contributed by atoms with van der Waals surface area (Å²) in [5, 5.41) is 12.7. The Morgan fingerprint density at radius 1 is 1.16 bits per heavy atom. The van der Waals surface area contributed by atoms with Gasteiger partial charge in [0.1, 0.15) is 10.4 Å². The van der Waals surface area contributed by atoms with Crippen molar-refractivity contribution in [3.63, 3.8) is 0 Å². The minimum Gasteiger partial charge on any atom is -0.483 e. The number of pyridine rings is 2. The monoisotopic (exact) mass is 460 g/mol. The largest absolute Gasteiger partial charge is 0.483 e. The van der Waals surface area contributed by atoms with Crippen LogP contribution in [0.2, 0.25) is 0 Å². The van der Waals surface area contributed by atoms with Crippen LogP contribution in [0.3, 0.4) is 0 Å². The fourth-order valence-electron chi connectivity index (χ4n) is 3.62. The summed E-state index contributed by atoms with van der Waals surface area (Å²) in [5.74, 6) is -0.239. The fourth-order valence-corrected chi connectivity index (χ4v) is 5.10. The molecule has 0 atom stereocenters. The highest BCUT2D eigenvalue weighted by Gasteiger charge is 2.31. The van der Waals surface area contributed by atoms with E-state index in [2.05, 4.69) is 25.5 Å². The van der Waals surface area contributed by atoms with Gasteiger partial charge in [-0.1, -0.05) is 0 Å². The van der Waals surface area contributed by atoms with Crippen LogP contribution in [0.25, 0.3) is 11.0 Å². The first kappa shape index (κ1) is 21.5. The summed E-state index contributed by atoms with van der Waals surface area (Å²) in [5.41, 5.74) is 1.87. The number of nitrogens with one attached hydrogen (secondary N) is 2. The van der Waals surface area contributed by atoms with Gasteiger partial charge in [-0.15, -0.1) is 0 Å². The van der Waals surface area contributed by atoms with Gasteiger partial charge in [0.25, 0.3) is 22.4 Å². The first-order valence-electron chi connectivity index (χ1n) is 9.64. The SMILES string of the molecule is O=C1COc2c(S(=O)(=O)n3cc(N4CCNCC4)c4ncccc43)ccnc2N1.O=CO. The fraction of sp³-hybridized carbons (Fsp3) is 0.263. The molecule has 0 aromatic carbocycles. The van der Waals surface area contributed by atoms with E-state index in [-0.39, 0.29) is 35.4 Å². The molecule has 13 heteroatoms. The average molecular weight is 460 g/mol. The average Bonchev–Trinajstić information content (AvgIpc) is 3.20. The minimum atomic E-state index is -4.02. The minimum absolute atomic E-state index is 0.0431. The Hall–Kier alpha value is -3.71. The van der Waals surface area contributed by atoms with Gasteiger partial charge in [0.05, 0.1) is 11.2 Å². The van der Waals surface area contributed by atoms with Crippen LogP contribution in [0.1, 0.15) is 0 Å². The maximum Gasteiger partial charge on any atom is 0.290 e. The molecule has 0 aliphatic carbocycles. The lowest BCUT2D eigenvalue weighted by Gasteiger charge is -2.28. The summed E-state index contributed by atoms with van der Waals surface area (Å²) in [6.07, 6.45) is 4.59. The van der Waals surface area contributed by atoms with Crippen molar-refractivity contribution in [2.24, 2.45) is 0 Å². The number of carboxylic acid groups (broad SMARTS) is 1. The molecule has 1 amide bonds. The Labute approximate surface area is 182 Å². The highest BCUT2D eigenvalue weighted by Crippen LogP contribution is 2.37. The molecule has 0 radical (unpaired) electrons. The number of nitrogens with zero attached hydrogens (tertiary/aromatic N) is 4. The Bertz CT molecular complexity index is 1270. The molecular formula is C19H20N6O6S. The zero-order valence-electron chi connectivity index (χ0n) is 16.8. The maximum absolute atomic E-state index is 13.6. The van der Waals surface area contributed by atoms with Gasteiger partial charge in [-0.25, -0.2) is 17.4 Å². The number of ether oxygens (including phenoxy) is 1. The smallest absolute Gasteiger partial charge is 0.290 e. The first-order valence-corrected chi connectivity index (χ1v) is 11.1. The molecule has 1 saturated heterocycles. The Morgan fingerprint density at radius 2 is 1.91 bits per heavy atom. The van der Waals surface area contributed by atoms with E-state index in [4.69, 9.17) is 14.6 Å². The zero-order valence-corrected chi connectivity index (χ0v) is 17.6. The number of aromatic nitrogens is 3. The lowest BCUT2D eigenvalue weighted by molar-refractivity contribution is -0.123. The van der Waals surface area contributed by atoms with E-state index in [1.807, 2.05) is 0 Å². The lowest BCUT2D eigenvalue weighted by Crippen LogP contribution is -2.43. The molecule has 0 bridgehead atoms. The van der Waals surface area contributed by atoms with Gasteiger partial charge in [0.15, 0.2) is 18.2 Å². The van der Waals surface area contributed by atoms with E-state index in [1.165, 1.54) is 16.2 Å². The quantitative estimate of drug-likeness (QED) is 0.459. The number of hydrogen-bond donors (Lipinski definition) is 3. The normalized spacial score (nSPS) is 15.8. The summed E-state index contributed by atoms with van der Waals surface area (Å²) >= 11 is 0. The molecule has 0 unspecified atom stereocenters. The number of hydrogen-bond acceptors (Lipinski definition) is 9. The van der Waals surface area contributed by atoms with Crippen LogP contribution in [0.5, 0.6) is 5.75 Å². The van der Waals surface area contributed by atoms with Crippen molar-refractivity contribution >= 4 is 44.9 Å². The van der Waals surface area contributed by atoms with Crippen molar-refractivity contribution in [2.75, 3.05) is 43.0 Å². The molecule has 12 nitrogen and oxygen atoms in total. The van der Waals surface area contributed by atoms with Crippen LogP contribution in [-0.2, 0) is 19.6 Å². The molecule has 168 valence electrons. The van der Waals surface area contributed by atoms with Gasteiger partial charge in [0, 0.05) is 44.8 Å². The van der Waals surface area contributed by atoms with Crippen molar-refractivity contribution in [3.05, 3.63) is 36.8 Å². The van der Waals surface area contributed by atoms with Gasteiger partial charge in [-0.2, -0.15) is 0 Å². The number of piperazine rings is 1. The predicted molar refractivity (Wildman–Crippen MR) is 114 cm³/mol. The molecule has 0 saturated carbocycles. The van der Waals surface area contributed by atoms with E-state index in [9.17, 15) is 13.2 Å². The third-order valence-electron chi connectivity index (χ3n) is 4.97. The molecule has 1 fully saturated rings. The molecule has 5 rings (SSSR count). The van der Waals surface area contributed by atoms with E-state index < -0.39 is 10.0 Å². The van der Waals surface area contributed by atoms with E-state index in [1.54, 1.807) is 24.5 Å². The Kier molecular flexibility index (Phi) is 5.92. The predicted octanol–water partition coefficient (Wildman–Crippen LogP) is 0.110. The summed E-state index contributed by atoms with van der Waals surface area (Å²) in [6, 6.07) is 4.80. The zero-order chi connectivity index (χ0) is 22.7.